The average molecular weight is 446 g/mol. The summed E-state index contributed by atoms with van der Waals surface area (Å²) in [6, 6.07) is 0. The molecule has 32 heavy (non-hydrogen) atoms. The number of allylic oxidation sites excluding steroid dienone is 1. The zero-order valence-electron chi connectivity index (χ0n) is 19.3. The second-order valence-electron chi connectivity index (χ2n) is 10.0. The van der Waals surface area contributed by atoms with Gasteiger partial charge in [0.05, 0.1) is 12.0 Å². The van der Waals surface area contributed by atoms with Gasteiger partial charge in [-0.3, -0.25) is 9.59 Å². The number of ether oxygens (including phenoxy) is 3. The van der Waals surface area contributed by atoms with Gasteiger partial charge in [0.1, 0.15) is 18.8 Å². The van der Waals surface area contributed by atoms with Crippen LogP contribution < -0.4 is 0 Å². The van der Waals surface area contributed by atoms with E-state index in [1.54, 1.807) is 0 Å². The van der Waals surface area contributed by atoms with E-state index in [0.717, 1.165) is 44.3 Å². The highest BCUT2D eigenvalue weighted by Crippen LogP contribution is 2.49. The van der Waals surface area contributed by atoms with Gasteiger partial charge < -0.3 is 19.1 Å². The third-order valence-corrected chi connectivity index (χ3v) is 7.54. The lowest BCUT2D eigenvalue weighted by Crippen LogP contribution is -2.38. The molecule has 1 amide bonds. The fraction of sp³-hybridized carbons (Fsp3) is 0.720. The Labute approximate surface area is 190 Å². The minimum absolute atomic E-state index is 0.0365. The molecule has 176 valence electrons. The van der Waals surface area contributed by atoms with Gasteiger partial charge in [-0.1, -0.05) is 19.6 Å². The van der Waals surface area contributed by atoms with E-state index >= 15 is 0 Å². The van der Waals surface area contributed by atoms with Crippen LogP contribution in [-0.4, -0.2) is 60.3 Å². The fourth-order valence-corrected chi connectivity index (χ4v) is 5.12. The number of piperidine rings is 1. The lowest BCUT2D eigenvalue weighted by molar-refractivity contribution is -0.145. The number of hydrogen-bond acceptors (Lipinski definition) is 6. The summed E-state index contributed by atoms with van der Waals surface area (Å²) in [6.45, 7) is 9.97. The van der Waals surface area contributed by atoms with Crippen LogP contribution in [0.4, 0.5) is 0 Å². The van der Waals surface area contributed by atoms with E-state index in [2.05, 4.69) is 26.5 Å². The Kier molecular flexibility index (Phi) is 6.75. The molecule has 3 fully saturated rings. The van der Waals surface area contributed by atoms with Crippen LogP contribution in [0.2, 0.25) is 0 Å². The molecule has 0 aromatic carbocycles. The van der Waals surface area contributed by atoms with Crippen molar-refractivity contribution in [3.05, 3.63) is 23.8 Å². The van der Waals surface area contributed by atoms with Crippen molar-refractivity contribution in [3.8, 4) is 0 Å². The summed E-state index contributed by atoms with van der Waals surface area (Å²) >= 11 is 0. The summed E-state index contributed by atoms with van der Waals surface area (Å²) in [7, 11) is 0. The molecule has 0 N–H and O–H groups in total. The van der Waals surface area contributed by atoms with E-state index in [9.17, 15) is 14.4 Å². The van der Waals surface area contributed by atoms with E-state index in [1.165, 1.54) is 0 Å². The van der Waals surface area contributed by atoms with Crippen LogP contribution in [-0.2, 0) is 28.6 Å². The SMILES string of the molecule is C=C1C(=O)O[C@H]2[C@H]1CC/C(COC(=O)CCC(=O)N1CCC(C)CC1)=C\CC[C@@]1(C)O[C@@H]21. The summed E-state index contributed by atoms with van der Waals surface area (Å²) in [5.41, 5.74) is 1.26. The number of hydrogen-bond donors (Lipinski definition) is 0. The first-order valence-corrected chi connectivity index (χ1v) is 12.0. The smallest absolute Gasteiger partial charge is 0.334 e. The van der Waals surface area contributed by atoms with Crippen molar-refractivity contribution in [2.45, 2.75) is 83.0 Å². The predicted octanol–water partition coefficient (Wildman–Crippen LogP) is 3.32. The minimum atomic E-state index is -0.346. The van der Waals surface area contributed by atoms with Crippen LogP contribution >= 0.6 is 0 Å². The van der Waals surface area contributed by atoms with E-state index in [4.69, 9.17) is 14.2 Å². The number of carbonyl (C=O) groups is 3. The molecule has 0 aromatic rings. The highest BCUT2D eigenvalue weighted by atomic mass is 16.6. The highest BCUT2D eigenvalue weighted by Gasteiger charge is 2.61. The molecule has 4 aliphatic rings. The van der Waals surface area contributed by atoms with Gasteiger partial charge in [-0.25, -0.2) is 4.79 Å². The van der Waals surface area contributed by atoms with E-state index < -0.39 is 0 Å². The van der Waals surface area contributed by atoms with E-state index in [-0.39, 0.29) is 61.0 Å². The molecule has 0 aromatic heterocycles. The van der Waals surface area contributed by atoms with Gasteiger partial charge in [-0.05, 0) is 56.9 Å². The van der Waals surface area contributed by atoms with Crippen molar-refractivity contribution in [1.82, 2.24) is 4.90 Å². The second-order valence-corrected chi connectivity index (χ2v) is 10.0. The average Bonchev–Trinajstić information content (AvgIpc) is 3.36. The fourth-order valence-electron chi connectivity index (χ4n) is 5.12. The summed E-state index contributed by atoms with van der Waals surface area (Å²) in [5.74, 6) is -0.0513. The highest BCUT2D eigenvalue weighted by molar-refractivity contribution is 5.91. The monoisotopic (exact) mass is 445 g/mol. The Hall–Kier alpha value is -2.15. The topological polar surface area (TPSA) is 85.4 Å². The van der Waals surface area contributed by atoms with Crippen molar-refractivity contribution in [1.29, 1.82) is 0 Å². The molecule has 4 rings (SSSR count). The number of likely N-dealkylation sites (tertiary alicyclic amines) is 1. The van der Waals surface area contributed by atoms with Gasteiger partial charge in [0.25, 0.3) is 0 Å². The molecule has 7 nitrogen and oxygen atoms in total. The molecule has 0 unspecified atom stereocenters. The standard InChI is InChI=1S/C25H35NO6/c1-16-10-13-26(14-11-16)20(27)8-9-21(28)30-15-18-5-4-12-25(3)23(32-25)22-19(7-6-18)17(2)24(29)31-22/h5,16,19,22-23H,2,4,6-15H2,1,3H3/b18-5+/t19-,22-,23-,25+/m0/s1. The van der Waals surface area contributed by atoms with Crippen molar-refractivity contribution in [3.63, 3.8) is 0 Å². The van der Waals surface area contributed by atoms with Crippen molar-refractivity contribution < 1.29 is 28.6 Å². The van der Waals surface area contributed by atoms with Crippen LogP contribution in [0.3, 0.4) is 0 Å². The molecule has 0 saturated carbocycles. The summed E-state index contributed by atoms with van der Waals surface area (Å²) in [5, 5.41) is 0. The molecule has 4 atom stereocenters. The Morgan fingerprint density at radius 2 is 2.00 bits per heavy atom. The molecule has 3 heterocycles. The van der Waals surface area contributed by atoms with Crippen LogP contribution in [0, 0.1) is 11.8 Å². The maximum atomic E-state index is 12.3. The lowest BCUT2D eigenvalue weighted by Gasteiger charge is -2.30. The van der Waals surface area contributed by atoms with Crippen LogP contribution in [0.5, 0.6) is 0 Å². The van der Waals surface area contributed by atoms with Gasteiger partial charge in [0, 0.05) is 31.0 Å². The summed E-state index contributed by atoms with van der Waals surface area (Å²) in [4.78, 5) is 38.5. The molecule has 0 spiro atoms. The molecular weight excluding hydrogens is 410 g/mol. The third-order valence-electron chi connectivity index (χ3n) is 7.54. The number of nitrogens with zero attached hydrogens (tertiary/aromatic N) is 1. The Morgan fingerprint density at radius 3 is 2.75 bits per heavy atom. The zero-order chi connectivity index (χ0) is 22.9. The predicted molar refractivity (Wildman–Crippen MR) is 118 cm³/mol. The Morgan fingerprint density at radius 1 is 1.25 bits per heavy atom. The number of esters is 2. The molecule has 0 radical (unpaired) electrons. The molecular formula is C25H35NO6. The molecule has 1 aliphatic carbocycles. The second kappa shape index (κ2) is 9.38. The van der Waals surface area contributed by atoms with E-state index in [0.29, 0.717) is 24.3 Å². The largest absolute Gasteiger partial charge is 0.461 e. The Bertz CT molecular complexity index is 811. The number of amides is 1. The summed E-state index contributed by atoms with van der Waals surface area (Å²) < 4.78 is 17.0. The lowest BCUT2D eigenvalue weighted by atomic mass is 9.84. The first-order valence-electron chi connectivity index (χ1n) is 12.0. The molecule has 7 heteroatoms. The van der Waals surface area contributed by atoms with Gasteiger partial charge >= 0.3 is 11.9 Å². The quantitative estimate of drug-likeness (QED) is 0.279. The van der Waals surface area contributed by atoms with Crippen molar-refractivity contribution in [2.24, 2.45) is 11.8 Å². The minimum Gasteiger partial charge on any atom is -0.461 e. The zero-order valence-corrected chi connectivity index (χ0v) is 19.3. The summed E-state index contributed by atoms with van der Waals surface area (Å²) in [6.07, 6.45) is 7.21. The number of carbonyl (C=O) groups excluding carboxylic acids is 3. The van der Waals surface area contributed by atoms with Crippen molar-refractivity contribution >= 4 is 17.8 Å². The molecule has 3 saturated heterocycles. The Balaban J connectivity index is 1.26. The van der Waals surface area contributed by atoms with Gasteiger partial charge in [0.2, 0.25) is 5.91 Å². The van der Waals surface area contributed by atoms with E-state index in [1.807, 2.05) is 4.90 Å². The first-order chi connectivity index (χ1) is 15.3. The maximum Gasteiger partial charge on any atom is 0.334 e. The normalized spacial score (nSPS) is 34.6. The third kappa shape index (κ3) is 5.08. The van der Waals surface area contributed by atoms with Crippen LogP contribution in [0.15, 0.2) is 23.8 Å². The van der Waals surface area contributed by atoms with Gasteiger partial charge in [-0.15, -0.1) is 0 Å². The number of fused-ring (bicyclic) bond motifs is 3. The van der Waals surface area contributed by atoms with Gasteiger partial charge in [0.15, 0.2) is 0 Å². The molecule has 0 bridgehead atoms. The van der Waals surface area contributed by atoms with Crippen LogP contribution in [0.1, 0.15) is 65.2 Å². The number of rotatable bonds is 5. The maximum absolute atomic E-state index is 12.3. The number of epoxide rings is 1. The van der Waals surface area contributed by atoms with Crippen molar-refractivity contribution in [2.75, 3.05) is 19.7 Å². The van der Waals surface area contributed by atoms with Gasteiger partial charge in [-0.2, -0.15) is 0 Å². The first kappa shape index (κ1) is 23.0. The molecule has 3 aliphatic heterocycles. The van der Waals surface area contributed by atoms with Crippen LogP contribution in [0.25, 0.3) is 0 Å².